The minimum Gasteiger partial charge on any atom is -0.497 e. The maximum Gasteiger partial charge on any atom is 0.322 e. The Balaban J connectivity index is 1.46. The van der Waals surface area contributed by atoms with Gasteiger partial charge in [0, 0.05) is 44.7 Å². The van der Waals surface area contributed by atoms with Crippen LogP contribution in [0.5, 0.6) is 5.75 Å². The van der Waals surface area contributed by atoms with Crippen LogP contribution in [0.3, 0.4) is 0 Å². The van der Waals surface area contributed by atoms with Gasteiger partial charge in [0.25, 0.3) is 11.8 Å². The molecule has 2 aromatic rings. The lowest BCUT2D eigenvalue weighted by molar-refractivity contribution is -0.125. The molecule has 0 saturated carbocycles. The lowest BCUT2D eigenvalue weighted by atomic mass is 9.94. The van der Waals surface area contributed by atoms with Crippen molar-refractivity contribution < 1.29 is 28.3 Å². The van der Waals surface area contributed by atoms with Crippen LogP contribution in [0.15, 0.2) is 28.7 Å². The Morgan fingerprint density at radius 3 is 2.65 bits per heavy atom. The summed E-state index contributed by atoms with van der Waals surface area (Å²) < 4.78 is 11.3. The third-order valence-corrected chi connectivity index (χ3v) is 6.51. The van der Waals surface area contributed by atoms with E-state index in [-0.39, 0.29) is 30.8 Å². The quantitative estimate of drug-likeness (QED) is 0.647. The molecule has 11 nitrogen and oxygen atoms in total. The molecule has 3 aliphatic rings. The largest absolute Gasteiger partial charge is 0.497 e. The number of carbonyl (C=O) groups is 4. The molecule has 3 aliphatic heterocycles. The number of hydrogen-bond donors (Lipinski definition) is 2. The number of furan rings is 1. The second-order valence-electron chi connectivity index (χ2n) is 8.91. The number of carbonyl (C=O) groups excluding carboxylic acids is 4. The number of benzene rings is 1. The van der Waals surface area contributed by atoms with E-state index in [1.165, 1.54) is 16.9 Å². The molecule has 178 valence electrons. The molecule has 1 aromatic heterocycles. The highest BCUT2D eigenvalue weighted by Crippen LogP contribution is 2.35. The third-order valence-electron chi connectivity index (χ3n) is 6.51. The second kappa shape index (κ2) is 7.79. The molecule has 34 heavy (non-hydrogen) atoms. The summed E-state index contributed by atoms with van der Waals surface area (Å²) in [7, 11) is 4.90. The van der Waals surface area contributed by atoms with Crippen molar-refractivity contribution in [1.82, 2.24) is 25.3 Å². The van der Waals surface area contributed by atoms with Crippen LogP contribution in [-0.2, 0) is 29.8 Å². The molecule has 0 aliphatic carbocycles. The number of nitrogens with zero attached hydrogens (tertiary/aromatic N) is 3. The first-order valence-corrected chi connectivity index (χ1v) is 10.9. The number of ether oxygens (including phenoxy) is 1. The highest BCUT2D eigenvalue weighted by molar-refractivity contribution is 6.08. The Hall–Kier alpha value is -4.02. The molecule has 1 saturated heterocycles. The second-order valence-corrected chi connectivity index (χ2v) is 8.91. The summed E-state index contributed by atoms with van der Waals surface area (Å²) in [5.74, 6) is 0.604. The van der Waals surface area contributed by atoms with E-state index in [0.29, 0.717) is 36.6 Å². The lowest BCUT2D eigenvalue weighted by Crippen LogP contribution is -2.52. The first-order valence-electron chi connectivity index (χ1n) is 10.9. The average molecular weight is 467 g/mol. The Bertz CT molecular complexity index is 1220. The molecule has 1 atom stereocenters. The molecule has 11 heteroatoms. The Morgan fingerprint density at radius 2 is 1.97 bits per heavy atom. The van der Waals surface area contributed by atoms with E-state index in [9.17, 15) is 19.2 Å². The van der Waals surface area contributed by atoms with Crippen LogP contribution in [0.25, 0.3) is 0 Å². The van der Waals surface area contributed by atoms with E-state index in [1.807, 2.05) is 6.07 Å². The van der Waals surface area contributed by atoms with Crippen LogP contribution in [0.2, 0.25) is 0 Å². The van der Waals surface area contributed by atoms with Gasteiger partial charge in [0.15, 0.2) is 5.54 Å². The maximum atomic E-state index is 13.1. The molecular formula is C23H25N5O6. The Labute approximate surface area is 195 Å². The van der Waals surface area contributed by atoms with Crippen molar-refractivity contribution in [1.29, 1.82) is 0 Å². The van der Waals surface area contributed by atoms with Gasteiger partial charge in [-0.25, -0.2) is 9.59 Å². The number of hydrogen-bond acceptors (Lipinski definition) is 6. The topological polar surface area (TPSA) is 124 Å². The van der Waals surface area contributed by atoms with Crippen LogP contribution in [0.1, 0.15) is 33.0 Å². The van der Waals surface area contributed by atoms with E-state index >= 15 is 0 Å². The predicted molar refractivity (Wildman–Crippen MR) is 118 cm³/mol. The minimum atomic E-state index is -1.58. The van der Waals surface area contributed by atoms with Gasteiger partial charge >= 0.3 is 12.1 Å². The number of rotatable bonds is 4. The smallest absolute Gasteiger partial charge is 0.322 e. The van der Waals surface area contributed by atoms with Gasteiger partial charge in [0.05, 0.1) is 20.2 Å². The van der Waals surface area contributed by atoms with Crippen molar-refractivity contribution in [2.45, 2.75) is 25.0 Å². The van der Waals surface area contributed by atoms with Crippen molar-refractivity contribution >= 4 is 23.9 Å². The van der Waals surface area contributed by atoms with Crippen molar-refractivity contribution in [2.75, 3.05) is 34.3 Å². The number of methoxy groups -OCH3 is 1. The van der Waals surface area contributed by atoms with Crippen LogP contribution < -0.4 is 15.4 Å². The first kappa shape index (κ1) is 21.8. The van der Waals surface area contributed by atoms with Crippen LogP contribution >= 0.6 is 0 Å². The van der Waals surface area contributed by atoms with Gasteiger partial charge in [0.2, 0.25) is 0 Å². The summed E-state index contributed by atoms with van der Waals surface area (Å²) in [6.45, 7) is 0.987. The number of nitrogens with one attached hydrogen (secondary N) is 2. The zero-order valence-electron chi connectivity index (χ0n) is 19.1. The van der Waals surface area contributed by atoms with Crippen LogP contribution in [-0.4, -0.2) is 72.9 Å². The van der Waals surface area contributed by atoms with E-state index < -0.39 is 17.5 Å². The molecular weight excluding hydrogens is 442 g/mol. The van der Waals surface area contributed by atoms with Gasteiger partial charge in [-0.15, -0.1) is 0 Å². The fourth-order valence-corrected chi connectivity index (χ4v) is 4.73. The molecule has 2 N–H and O–H groups in total. The summed E-state index contributed by atoms with van der Waals surface area (Å²) in [5.41, 5.74) is 0.496. The fourth-order valence-electron chi connectivity index (χ4n) is 4.73. The zero-order chi connectivity index (χ0) is 24.2. The van der Waals surface area contributed by atoms with Gasteiger partial charge in [-0.05, 0) is 23.8 Å². The van der Waals surface area contributed by atoms with Crippen molar-refractivity contribution in [3.63, 3.8) is 0 Å². The third kappa shape index (κ3) is 3.35. The lowest BCUT2D eigenvalue weighted by Gasteiger charge is -2.29. The standard InChI is InChI=1S/C23H25N5O6/c1-26(2)22(32)27-7-6-17-14(11-27)8-18(34-17)23(20(30)24-21(31)25-23)12-28-10-13-4-5-15(33-3)9-16(13)19(28)29/h4-5,8-9H,6-7,10-12H2,1-3H3,(H2,24,25,30,31)/t23-/m0/s1. The van der Waals surface area contributed by atoms with E-state index in [1.54, 1.807) is 37.2 Å². The van der Waals surface area contributed by atoms with Crippen molar-refractivity contribution in [3.8, 4) is 5.75 Å². The average Bonchev–Trinajstić information content (AvgIpc) is 3.46. The van der Waals surface area contributed by atoms with Gasteiger partial charge in [-0.1, -0.05) is 6.07 Å². The number of fused-ring (bicyclic) bond motifs is 2. The monoisotopic (exact) mass is 467 g/mol. The van der Waals surface area contributed by atoms with E-state index in [0.717, 1.165) is 11.1 Å². The van der Waals surface area contributed by atoms with Gasteiger partial charge in [-0.3, -0.25) is 14.9 Å². The SMILES string of the molecule is COc1ccc2c(c1)C(=O)N(C[C@@]1(c3cc4c(o3)CCN(C(=O)N(C)C)C4)NC(=O)NC1=O)C2. The first-order chi connectivity index (χ1) is 16.2. The number of amides is 6. The normalized spacial score (nSPS) is 21.2. The van der Waals surface area contributed by atoms with Gasteiger partial charge in [-0.2, -0.15) is 0 Å². The predicted octanol–water partition coefficient (Wildman–Crippen LogP) is 1.02. The molecule has 0 unspecified atom stereocenters. The molecule has 0 spiro atoms. The van der Waals surface area contributed by atoms with E-state index in [2.05, 4.69) is 10.6 Å². The summed E-state index contributed by atoms with van der Waals surface area (Å²) in [4.78, 5) is 55.5. The molecule has 0 bridgehead atoms. The highest BCUT2D eigenvalue weighted by Gasteiger charge is 2.53. The van der Waals surface area contributed by atoms with Gasteiger partial charge < -0.3 is 29.2 Å². The molecule has 6 amide bonds. The van der Waals surface area contributed by atoms with E-state index in [4.69, 9.17) is 9.15 Å². The van der Waals surface area contributed by atoms with Crippen molar-refractivity contribution in [2.24, 2.45) is 0 Å². The van der Waals surface area contributed by atoms with Crippen LogP contribution in [0.4, 0.5) is 9.59 Å². The maximum absolute atomic E-state index is 13.1. The molecule has 4 heterocycles. The van der Waals surface area contributed by atoms with Gasteiger partial charge in [0.1, 0.15) is 17.3 Å². The molecule has 1 aromatic carbocycles. The summed E-state index contributed by atoms with van der Waals surface area (Å²) in [6.07, 6.45) is 0.481. The summed E-state index contributed by atoms with van der Waals surface area (Å²) in [5, 5.41) is 4.97. The fraction of sp³-hybridized carbons (Fsp3) is 0.391. The highest BCUT2D eigenvalue weighted by atomic mass is 16.5. The summed E-state index contributed by atoms with van der Waals surface area (Å²) in [6, 6.07) is 6.18. The molecule has 5 rings (SSSR count). The Kier molecular flexibility index (Phi) is 4.99. The van der Waals surface area contributed by atoms with Crippen molar-refractivity contribution in [3.05, 3.63) is 52.5 Å². The molecule has 0 radical (unpaired) electrons. The molecule has 1 fully saturated rings. The van der Waals surface area contributed by atoms with Crippen LogP contribution in [0, 0.1) is 0 Å². The summed E-state index contributed by atoms with van der Waals surface area (Å²) >= 11 is 0. The number of imide groups is 1. The Morgan fingerprint density at radius 1 is 1.18 bits per heavy atom. The minimum absolute atomic E-state index is 0.104. The zero-order valence-corrected chi connectivity index (χ0v) is 19.1. The number of urea groups is 2.